The Morgan fingerprint density at radius 1 is 1.32 bits per heavy atom. The molecule has 0 bridgehead atoms. The highest BCUT2D eigenvalue weighted by Crippen LogP contribution is 2.21. The van der Waals surface area contributed by atoms with Crippen LogP contribution in [0.2, 0.25) is 0 Å². The van der Waals surface area contributed by atoms with Gasteiger partial charge in [0.1, 0.15) is 0 Å². The van der Waals surface area contributed by atoms with Gasteiger partial charge in [0.15, 0.2) is 17.4 Å². The lowest BCUT2D eigenvalue weighted by Crippen LogP contribution is -2.42. The molecule has 2 N–H and O–H groups in total. The second kappa shape index (κ2) is 6.30. The molecule has 0 saturated carbocycles. The van der Waals surface area contributed by atoms with E-state index in [0.29, 0.717) is 18.2 Å². The average molecular weight is 270 g/mol. The van der Waals surface area contributed by atoms with Crippen molar-refractivity contribution in [1.82, 2.24) is 10.2 Å². The van der Waals surface area contributed by atoms with Crippen molar-refractivity contribution in [2.45, 2.75) is 31.8 Å². The molecule has 1 aliphatic heterocycles. The van der Waals surface area contributed by atoms with E-state index in [2.05, 4.69) is 17.3 Å². The summed E-state index contributed by atoms with van der Waals surface area (Å²) in [5.41, 5.74) is 0.506. The van der Waals surface area contributed by atoms with Gasteiger partial charge in [-0.1, -0.05) is 6.42 Å². The van der Waals surface area contributed by atoms with Crippen molar-refractivity contribution >= 4 is 0 Å². The molecule has 19 heavy (non-hydrogen) atoms. The highest BCUT2D eigenvalue weighted by Gasteiger charge is 2.18. The van der Waals surface area contributed by atoms with Crippen LogP contribution in [-0.4, -0.2) is 36.2 Å². The molecular formula is C14H20F2N2O. The van der Waals surface area contributed by atoms with E-state index in [9.17, 15) is 8.78 Å². The molecule has 1 heterocycles. The maximum Gasteiger partial charge on any atom is 0.187 e. The maximum absolute atomic E-state index is 13.2. The van der Waals surface area contributed by atoms with Crippen LogP contribution in [0.25, 0.3) is 0 Å². The molecule has 0 amide bonds. The molecule has 0 aliphatic carbocycles. The van der Waals surface area contributed by atoms with E-state index in [1.54, 1.807) is 0 Å². The highest BCUT2D eigenvalue weighted by molar-refractivity contribution is 5.29. The summed E-state index contributed by atoms with van der Waals surface area (Å²) in [4.78, 5) is 2.31. The molecule has 1 aromatic carbocycles. The van der Waals surface area contributed by atoms with E-state index in [-0.39, 0.29) is 0 Å². The summed E-state index contributed by atoms with van der Waals surface area (Å²) in [6.45, 7) is 2.31. The van der Waals surface area contributed by atoms with Crippen LogP contribution in [0.5, 0.6) is 5.75 Å². The van der Waals surface area contributed by atoms with E-state index in [0.717, 1.165) is 31.6 Å². The Morgan fingerprint density at radius 3 is 2.63 bits per heavy atom. The van der Waals surface area contributed by atoms with Crippen molar-refractivity contribution < 1.29 is 13.9 Å². The zero-order chi connectivity index (χ0) is 13.8. The van der Waals surface area contributed by atoms with Crippen molar-refractivity contribution in [3.63, 3.8) is 0 Å². The number of hydrogen-bond donors (Lipinski definition) is 2. The molecule has 0 aromatic heterocycles. The fourth-order valence-electron chi connectivity index (χ4n) is 2.51. The molecule has 2 rings (SSSR count). The summed E-state index contributed by atoms with van der Waals surface area (Å²) >= 11 is 0. The van der Waals surface area contributed by atoms with Crippen LogP contribution < -0.4 is 5.32 Å². The number of rotatable bonds is 4. The van der Waals surface area contributed by atoms with Crippen LogP contribution in [0.15, 0.2) is 12.1 Å². The topological polar surface area (TPSA) is 35.5 Å². The lowest BCUT2D eigenvalue weighted by Gasteiger charge is -2.32. The molecule has 1 aliphatic rings. The molecular weight excluding hydrogens is 250 g/mol. The van der Waals surface area contributed by atoms with Gasteiger partial charge >= 0.3 is 0 Å². The number of nitrogens with zero attached hydrogens (tertiary/aromatic N) is 1. The first-order valence-corrected chi connectivity index (χ1v) is 6.66. The number of likely N-dealkylation sites (tertiary alicyclic amines) is 1. The summed E-state index contributed by atoms with van der Waals surface area (Å²) in [6, 6.07) is 2.81. The fraction of sp³-hybridized carbons (Fsp3) is 0.571. The van der Waals surface area contributed by atoms with E-state index < -0.39 is 17.4 Å². The number of hydrogen-bond acceptors (Lipinski definition) is 3. The minimum atomic E-state index is -0.911. The molecule has 1 saturated heterocycles. The van der Waals surface area contributed by atoms with Crippen molar-refractivity contribution in [3.05, 3.63) is 29.3 Å². The monoisotopic (exact) mass is 270 g/mol. The maximum atomic E-state index is 13.2. The van der Waals surface area contributed by atoms with Crippen LogP contribution >= 0.6 is 0 Å². The van der Waals surface area contributed by atoms with Gasteiger partial charge in [-0.3, -0.25) is 0 Å². The number of benzene rings is 1. The minimum Gasteiger partial charge on any atom is -0.503 e. The van der Waals surface area contributed by atoms with Crippen molar-refractivity contribution in [2.24, 2.45) is 0 Å². The Kier molecular flexibility index (Phi) is 4.71. The third-order valence-electron chi connectivity index (χ3n) is 3.71. The van der Waals surface area contributed by atoms with Gasteiger partial charge in [-0.15, -0.1) is 0 Å². The Balaban J connectivity index is 1.85. The molecule has 106 valence electrons. The summed E-state index contributed by atoms with van der Waals surface area (Å²) in [5, 5.41) is 12.2. The Hall–Kier alpha value is -1.20. The summed E-state index contributed by atoms with van der Waals surface area (Å²) in [7, 11) is 2.10. The van der Waals surface area contributed by atoms with E-state index in [4.69, 9.17) is 5.11 Å². The van der Waals surface area contributed by atoms with Crippen LogP contribution in [0.4, 0.5) is 8.78 Å². The lowest BCUT2D eigenvalue weighted by atomic mass is 10.0. The second-order valence-electron chi connectivity index (χ2n) is 5.17. The highest BCUT2D eigenvalue weighted by atomic mass is 19.1. The van der Waals surface area contributed by atoms with Crippen LogP contribution in [0, 0.1) is 11.6 Å². The van der Waals surface area contributed by atoms with Crippen molar-refractivity contribution in [3.8, 4) is 5.75 Å². The van der Waals surface area contributed by atoms with E-state index >= 15 is 0 Å². The second-order valence-corrected chi connectivity index (χ2v) is 5.17. The van der Waals surface area contributed by atoms with Gasteiger partial charge in [0.05, 0.1) is 0 Å². The molecule has 0 spiro atoms. The Morgan fingerprint density at radius 2 is 2.00 bits per heavy atom. The zero-order valence-electron chi connectivity index (χ0n) is 11.1. The van der Waals surface area contributed by atoms with E-state index in [1.165, 1.54) is 12.8 Å². The summed E-state index contributed by atoms with van der Waals surface area (Å²) in [5.74, 6) is -2.73. The Bertz CT molecular complexity index is 416. The number of halogens is 2. The zero-order valence-corrected chi connectivity index (χ0v) is 11.1. The van der Waals surface area contributed by atoms with Crippen LogP contribution in [0.3, 0.4) is 0 Å². The van der Waals surface area contributed by atoms with Gasteiger partial charge in [0.25, 0.3) is 0 Å². The quantitative estimate of drug-likeness (QED) is 0.881. The predicted octanol–water partition coefficient (Wildman–Crippen LogP) is 2.24. The largest absolute Gasteiger partial charge is 0.503 e. The first kappa shape index (κ1) is 14.2. The number of nitrogens with one attached hydrogen (secondary N) is 1. The first-order valence-electron chi connectivity index (χ1n) is 6.66. The smallest absolute Gasteiger partial charge is 0.187 e. The fourth-order valence-corrected chi connectivity index (χ4v) is 2.51. The molecule has 1 atom stereocenters. The van der Waals surface area contributed by atoms with Crippen LogP contribution in [-0.2, 0) is 6.54 Å². The van der Waals surface area contributed by atoms with Gasteiger partial charge in [-0.05, 0) is 44.1 Å². The van der Waals surface area contributed by atoms with Crippen molar-refractivity contribution in [2.75, 3.05) is 20.1 Å². The normalized spacial score (nSPS) is 20.7. The van der Waals surface area contributed by atoms with Crippen LogP contribution in [0.1, 0.15) is 24.8 Å². The molecule has 1 aromatic rings. The number of phenols is 1. The summed E-state index contributed by atoms with van der Waals surface area (Å²) in [6.07, 6.45) is 3.63. The standard InChI is InChI=1S/C14H20F2N2O/c1-18-5-3-2-4-11(18)9-17-8-10-6-12(15)14(19)13(16)7-10/h6-7,11,17,19H,2-5,8-9H2,1H3. The molecule has 0 radical (unpaired) electrons. The SMILES string of the molecule is CN1CCCCC1CNCc1cc(F)c(O)c(F)c1. The number of likely N-dealkylation sites (N-methyl/N-ethyl adjacent to an activating group) is 1. The van der Waals surface area contributed by atoms with Gasteiger partial charge in [-0.25, -0.2) is 8.78 Å². The summed E-state index contributed by atoms with van der Waals surface area (Å²) < 4.78 is 26.3. The molecule has 1 fully saturated rings. The van der Waals surface area contributed by atoms with Crippen molar-refractivity contribution in [1.29, 1.82) is 0 Å². The lowest BCUT2D eigenvalue weighted by molar-refractivity contribution is 0.181. The third kappa shape index (κ3) is 3.64. The first-order chi connectivity index (χ1) is 9.08. The number of aromatic hydroxyl groups is 1. The number of piperidine rings is 1. The third-order valence-corrected chi connectivity index (χ3v) is 3.71. The van der Waals surface area contributed by atoms with E-state index in [1.807, 2.05) is 0 Å². The predicted molar refractivity (Wildman–Crippen MR) is 70.0 cm³/mol. The number of phenolic OH excluding ortho intramolecular Hbond substituents is 1. The molecule has 5 heteroatoms. The minimum absolute atomic E-state index is 0.401. The average Bonchev–Trinajstić information content (AvgIpc) is 2.38. The van der Waals surface area contributed by atoms with Gasteiger partial charge in [0, 0.05) is 19.1 Å². The van der Waals surface area contributed by atoms with Gasteiger partial charge < -0.3 is 15.3 Å². The van der Waals surface area contributed by atoms with Gasteiger partial charge in [-0.2, -0.15) is 0 Å². The van der Waals surface area contributed by atoms with Gasteiger partial charge in [0.2, 0.25) is 0 Å². The molecule has 1 unspecified atom stereocenters. The molecule has 3 nitrogen and oxygen atoms in total. The Labute approximate surface area is 112 Å².